The quantitative estimate of drug-likeness (QED) is 0.704. The number of H-pyrrole nitrogens is 1. The second kappa shape index (κ2) is 5.99. The first-order valence-corrected chi connectivity index (χ1v) is 6.09. The Morgan fingerprint density at radius 2 is 2.32 bits per heavy atom. The Labute approximate surface area is 110 Å². The van der Waals surface area contributed by atoms with Crippen molar-refractivity contribution in [3.05, 3.63) is 41.5 Å². The second-order valence-corrected chi connectivity index (χ2v) is 4.31. The molecule has 1 heterocycles. The molecule has 0 aliphatic carbocycles. The highest BCUT2D eigenvalue weighted by molar-refractivity contribution is 5.96. The molecule has 3 N–H and O–H groups in total. The van der Waals surface area contributed by atoms with Gasteiger partial charge in [-0.15, -0.1) is 0 Å². The molecule has 0 aliphatic rings. The minimum absolute atomic E-state index is 0.00716. The van der Waals surface area contributed by atoms with Crippen LogP contribution in [0.3, 0.4) is 0 Å². The molecule has 0 unspecified atom stereocenters. The Kier molecular flexibility index (Phi) is 4.12. The van der Waals surface area contributed by atoms with E-state index in [-0.39, 0.29) is 11.7 Å². The maximum atomic E-state index is 11.8. The van der Waals surface area contributed by atoms with E-state index in [1.807, 2.05) is 6.92 Å². The van der Waals surface area contributed by atoms with Crippen molar-refractivity contribution < 1.29 is 9.90 Å². The zero-order valence-electron chi connectivity index (χ0n) is 10.7. The van der Waals surface area contributed by atoms with E-state index >= 15 is 0 Å². The Bertz CT molecular complexity index is 552. The molecule has 6 nitrogen and oxygen atoms in total. The highest BCUT2D eigenvalue weighted by Crippen LogP contribution is 2.17. The Hall–Kier alpha value is -2.37. The SMILES string of the molecule is Cc1ccc(C(=O)NCCCc2ncn[nH]2)c(O)c1. The molecule has 1 aromatic carbocycles. The number of hydrogen-bond donors (Lipinski definition) is 3. The first-order chi connectivity index (χ1) is 9.16. The fourth-order valence-electron chi connectivity index (χ4n) is 1.74. The van der Waals surface area contributed by atoms with Crippen molar-refractivity contribution in [2.75, 3.05) is 6.54 Å². The molecule has 1 amide bonds. The van der Waals surface area contributed by atoms with Gasteiger partial charge < -0.3 is 10.4 Å². The zero-order chi connectivity index (χ0) is 13.7. The smallest absolute Gasteiger partial charge is 0.255 e. The van der Waals surface area contributed by atoms with E-state index < -0.39 is 0 Å². The average Bonchev–Trinajstić information content (AvgIpc) is 2.87. The molecule has 0 spiro atoms. The molecule has 0 aliphatic heterocycles. The molecule has 19 heavy (non-hydrogen) atoms. The number of nitrogens with zero attached hydrogens (tertiary/aromatic N) is 2. The standard InChI is InChI=1S/C13H16N4O2/c1-9-4-5-10(11(18)7-9)13(19)14-6-2-3-12-15-8-16-17-12/h4-5,7-8,18H,2-3,6H2,1H3,(H,14,19)(H,15,16,17). The van der Waals surface area contributed by atoms with Gasteiger partial charge in [0.05, 0.1) is 5.56 Å². The summed E-state index contributed by atoms with van der Waals surface area (Å²) in [5, 5.41) is 19.0. The summed E-state index contributed by atoms with van der Waals surface area (Å²) in [7, 11) is 0. The lowest BCUT2D eigenvalue weighted by atomic mass is 10.1. The van der Waals surface area contributed by atoms with E-state index in [9.17, 15) is 9.90 Å². The van der Waals surface area contributed by atoms with E-state index in [0.29, 0.717) is 12.1 Å². The van der Waals surface area contributed by atoms with Crippen LogP contribution in [0.4, 0.5) is 0 Å². The lowest BCUT2D eigenvalue weighted by molar-refractivity contribution is 0.0950. The van der Waals surface area contributed by atoms with Gasteiger partial charge in [-0.25, -0.2) is 4.98 Å². The molecule has 0 saturated carbocycles. The van der Waals surface area contributed by atoms with Crippen LogP contribution in [0.15, 0.2) is 24.5 Å². The van der Waals surface area contributed by atoms with Crippen molar-refractivity contribution in [1.29, 1.82) is 0 Å². The van der Waals surface area contributed by atoms with Gasteiger partial charge in [0.15, 0.2) is 0 Å². The van der Waals surface area contributed by atoms with E-state index in [1.165, 1.54) is 6.33 Å². The third kappa shape index (κ3) is 3.54. The number of phenolic OH excluding ortho intramolecular Hbond substituents is 1. The van der Waals surface area contributed by atoms with Crippen molar-refractivity contribution in [1.82, 2.24) is 20.5 Å². The lowest BCUT2D eigenvalue weighted by Gasteiger charge is -2.06. The topological polar surface area (TPSA) is 90.9 Å². The molecule has 2 aromatic rings. The number of aromatic amines is 1. The summed E-state index contributed by atoms with van der Waals surface area (Å²) in [5.41, 5.74) is 1.21. The number of benzene rings is 1. The van der Waals surface area contributed by atoms with Gasteiger partial charge in [0, 0.05) is 13.0 Å². The first kappa shape index (κ1) is 13.1. The molecule has 2 rings (SSSR count). The highest BCUT2D eigenvalue weighted by atomic mass is 16.3. The van der Waals surface area contributed by atoms with Crippen molar-refractivity contribution in [2.45, 2.75) is 19.8 Å². The molecule has 0 radical (unpaired) electrons. The zero-order valence-corrected chi connectivity index (χ0v) is 10.7. The molecular weight excluding hydrogens is 244 g/mol. The van der Waals surface area contributed by atoms with Gasteiger partial charge in [-0.2, -0.15) is 5.10 Å². The summed E-state index contributed by atoms with van der Waals surface area (Å²) < 4.78 is 0. The summed E-state index contributed by atoms with van der Waals surface area (Å²) in [6, 6.07) is 4.99. The maximum absolute atomic E-state index is 11.8. The van der Waals surface area contributed by atoms with E-state index in [4.69, 9.17) is 0 Å². The number of aryl methyl sites for hydroxylation is 2. The number of nitrogens with one attached hydrogen (secondary N) is 2. The van der Waals surface area contributed by atoms with Crippen molar-refractivity contribution in [2.24, 2.45) is 0 Å². The minimum atomic E-state index is -0.268. The summed E-state index contributed by atoms with van der Waals surface area (Å²) in [4.78, 5) is 15.8. The number of rotatable bonds is 5. The van der Waals surface area contributed by atoms with Gasteiger partial charge in [0.25, 0.3) is 5.91 Å². The third-order valence-corrected chi connectivity index (χ3v) is 2.74. The van der Waals surface area contributed by atoms with Crippen molar-refractivity contribution in [3.63, 3.8) is 0 Å². The normalized spacial score (nSPS) is 10.4. The van der Waals surface area contributed by atoms with E-state index in [2.05, 4.69) is 20.5 Å². The fraction of sp³-hybridized carbons (Fsp3) is 0.308. The van der Waals surface area contributed by atoms with E-state index in [0.717, 1.165) is 24.2 Å². The molecule has 0 atom stereocenters. The van der Waals surface area contributed by atoms with Crippen LogP contribution in [-0.4, -0.2) is 32.7 Å². The van der Waals surface area contributed by atoms with Crippen molar-refractivity contribution in [3.8, 4) is 5.75 Å². The molecule has 0 bridgehead atoms. The molecule has 6 heteroatoms. The first-order valence-electron chi connectivity index (χ1n) is 6.09. The van der Waals surface area contributed by atoms with Gasteiger partial charge in [0.2, 0.25) is 0 Å². The number of phenols is 1. The third-order valence-electron chi connectivity index (χ3n) is 2.74. The van der Waals surface area contributed by atoms with Gasteiger partial charge in [-0.1, -0.05) is 6.07 Å². The number of aromatic hydroxyl groups is 1. The summed E-state index contributed by atoms with van der Waals surface area (Å²) >= 11 is 0. The minimum Gasteiger partial charge on any atom is -0.507 e. The monoisotopic (exact) mass is 260 g/mol. The molecule has 1 aromatic heterocycles. The molecule has 0 fully saturated rings. The Morgan fingerprint density at radius 1 is 1.47 bits per heavy atom. The predicted molar refractivity (Wildman–Crippen MR) is 69.9 cm³/mol. The van der Waals surface area contributed by atoms with Gasteiger partial charge in [-0.05, 0) is 31.0 Å². The number of hydrogen-bond acceptors (Lipinski definition) is 4. The lowest BCUT2D eigenvalue weighted by Crippen LogP contribution is -2.24. The number of amides is 1. The summed E-state index contributed by atoms with van der Waals surface area (Å²) in [5.74, 6) is 0.537. The van der Waals surface area contributed by atoms with Crippen LogP contribution < -0.4 is 5.32 Å². The van der Waals surface area contributed by atoms with Gasteiger partial charge in [-0.3, -0.25) is 9.89 Å². The van der Waals surface area contributed by atoms with Crippen LogP contribution in [0.5, 0.6) is 5.75 Å². The molecule has 0 saturated heterocycles. The fourth-order valence-corrected chi connectivity index (χ4v) is 1.74. The van der Waals surface area contributed by atoms with Crippen LogP contribution >= 0.6 is 0 Å². The number of carbonyl (C=O) groups is 1. The van der Waals surface area contributed by atoms with Crippen molar-refractivity contribution >= 4 is 5.91 Å². The van der Waals surface area contributed by atoms with Crippen LogP contribution in [0.2, 0.25) is 0 Å². The van der Waals surface area contributed by atoms with Gasteiger partial charge in [0.1, 0.15) is 17.9 Å². The molecule has 100 valence electrons. The highest BCUT2D eigenvalue weighted by Gasteiger charge is 2.10. The number of aromatic nitrogens is 3. The average molecular weight is 260 g/mol. The van der Waals surface area contributed by atoms with Gasteiger partial charge >= 0.3 is 0 Å². The predicted octanol–water partition coefficient (Wildman–Crippen LogP) is 1.18. The second-order valence-electron chi connectivity index (χ2n) is 4.31. The van der Waals surface area contributed by atoms with Crippen LogP contribution in [0, 0.1) is 6.92 Å². The number of carbonyl (C=O) groups excluding carboxylic acids is 1. The molecular formula is C13H16N4O2. The van der Waals surface area contributed by atoms with Crippen LogP contribution in [0.1, 0.15) is 28.2 Å². The maximum Gasteiger partial charge on any atom is 0.255 e. The van der Waals surface area contributed by atoms with Crippen LogP contribution in [0.25, 0.3) is 0 Å². The summed E-state index contributed by atoms with van der Waals surface area (Å²) in [6.07, 6.45) is 2.94. The largest absolute Gasteiger partial charge is 0.507 e. The van der Waals surface area contributed by atoms with Crippen LogP contribution in [-0.2, 0) is 6.42 Å². The Balaban J connectivity index is 1.81. The summed E-state index contributed by atoms with van der Waals surface area (Å²) in [6.45, 7) is 2.38. The Morgan fingerprint density at radius 3 is 3.00 bits per heavy atom. The van der Waals surface area contributed by atoms with E-state index in [1.54, 1.807) is 18.2 Å².